The number of hydrogen-bond donors (Lipinski definition) is 2. The second-order valence-corrected chi connectivity index (χ2v) is 4.95. The molecule has 0 fully saturated rings. The topological polar surface area (TPSA) is 58.6 Å². The Balaban J connectivity index is 2.79. The number of aliphatic hydroxyl groups is 1. The Kier molecular flexibility index (Phi) is 5.40. The van der Waals surface area contributed by atoms with Gasteiger partial charge in [0.05, 0.1) is 12.3 Å². The van der Waals surface area contributed by atoms with Gasteiger partial charge in [-0.05, 0) is 32.9 Å². The summed E-state index contributed by atoms with van der Waals surface area (Å²) in [5.41, 5.74) is 0.755. The van der Waals surface area contributed by atoms with E-state index >= 15 is 0 Å². The summed E-state index contributed by atoms with van der Waals surface area (Å²) in [4.78, 5) is 11.7. The van der Waals surface area contributed by atoms with Gasteiger partial charge in [-0.1, -0.05) is 24.0 Å². The van der Waals surface area contributed by atoms with Crippen molar-refractivity contribution < 1.29 is 14.6 Å². The first-order chi connectivity index (χ1) is 8.92. The Hall–Kier alpha value is -1.99. The number of aliphatic hydroxyl groups excluding tert-OH is 1. The summed E-state index contributed by atoms with van der Waals surface area (Å²) in [6, 6.07) is 7.21. The molecule has 2 N–H and O–H groups in total. The number of rotatable bonds is 2. The number of nitrogens with one attached hydrogen (secondary N) is 1. The molecule has 0 aliphatic heterocycles. The fraction of sp³-hybridized carbons (Fsp3) is 0.400. The Morgan fingerprint density at radius 3 is 2.68 bits per heavy atom. The highest BCUT2D eigenvalue weighted by molar-refractivity contribution is 5.86. The van der Waals surface area contributed by atoms with Crippen LogP contribution < -0.4 is 5.32 Å². The average Bonchev–Trinajstić information content (AvgIpc) is 2.29. The van der Waals surface area contributed by atoms with Gasteiger partial charge in [-0.2, -0.15) is 0 Å². The van der Waals surface area contributed by atoms with Crippen molar-refractivity contribution in [3.05, 3.63) is 29.8 Å². The summed E-state index contributed by atoms with van der Waals surface area (Å²) >= 11 is 0. The molecule has 1 rings (SSSR count). The highest BCUT2D eigenvalue weighted by atomic mass is 16.6. The maximum atomic E-state index is 11.7. The Labute approximate surface area is 113 Å². The molecule has 0 aliphatic carbocycles. The fourth-order valence-electron chi connectivity index (χ4n) is 1.33. The zero-order chi connectivity index (χ0) is 14.3. The predicted octanol–water partition coefficient (Wildman–Crippen LogP) is 2.77. The number of para-hydroxylation sites is 1. The minimum Gasteiger partial charge on any atom is -0.444 e. The largest absolute Gasteiger partial charge is 0.444 e. The third-order valence-corrected chi connectivity index (χ3v) is 2.02. The number of carbonyl (C=O) groups excluding carboxylic acids is 1. The van der Waals surface area contributed by atoms with Crippen LogP contribution in [0.4, 0.5) is 10.5 Å². The second kappa shape index (κ2) is 6.81. The van der Waals surface area contributed by atoms with Gasteiger partial charge in [0.25, 0.3) is 0 Å². The van der Waals surface area contributed by atoms with E-state index in [1.807, 2.05) is 12.1 Å². The molecule has 0 heterocycles. The van der Waals surface area contributed by atoms with Crippen molar-refractivity contribution in [2.45, 2.75) is 32.8 Å². The minimum atomic E-state index is -0.540. The highest BCUT2D eigenvalue weighted by Gasteiger charge is 2.16. The number of amides is 1. The molecule has 1 aromatic rings. The van der Waals surface area contributed by atoms with E-state index in [4.69, 9.17) is 9.84 Å². The van der Waals surface area contributed by atoms with Gasteiger partial charge in [-0.15, -0.1) is 0 Å². The molecule has 0 saturated carbocycles. The summed E-state index contributed by atoms with van der Waals surface area (Å²) in [6.07, 6.45) is -0.107. The molecule has 1 amide bonds. The van der Waals surface area contributed by atoms with Crippen molar-refractivity contribution in [2.24, 2.45) is 0 Å². The molecular formula is C15H19NO3. The summed E-state index contributed by atoms with van der Waals surface area (Å²) in [5, 5.41) is 11.4. The molecule has 102 valence electrons. The van der Waals surface area contributed by atoms with Crippen LogP contribution in [0, 0.1) is 11.8 Å². The van der Waals surface area contributed by atoms with E-state index in [9.17, 15) is 4.79 Å². The van der Waals surface area contributed by atoms with Gasteiger partial charge in [0, 0.05) is 12.0 Å². The molecule has 4 nitrogen and oxygen atoms in total. The van der Waals surface area contributed by atoms with Crippen molar-refractivity contribution in [3.8, 4) is 11.8 Å². The molecule has 0 aliphatic rings. The van der Waals surface area contributed by atoms with Crippen molar-refractivity contribution in [1.29, 1.82) is 0 Å². The lowest BCUT2D eigenvalue weighted by Gasteiger charge is -2.20. The normalized spacial score (nSPS) is 10.3. The molecular weight excluding hydrogens is 242 g/mol. The average molecular weight is 261 g/mol. The van der Waals surface area contributed by atoms with Gasteiger partial charge < -0.3 is 9.84 Å². The molecule has 19 heavy (non-hydrogen) atoms. The van der Waals surface area contributed by atoms with E-state index in [0.29, 0.717) is 17.7 Å². The molecule has 0 radical (unpaired) electrons. The van der Waals surface area contributed by atoms with Crippen LogP contribution in [0.3, 0.4) is 0 Å². The third kappa shape index (κ3) is 5.94. The number of ether oxygens (including phenoxy) is 1. The zero-order valence-electron chi connectivity index (χ0n) is 11.5. The highest BCUT2D eigenvalue weighted by Crippen LogP contribution is 2.15. The molecule has 0 atom stereocenters. The van der Waals surface area contributed by atoms with Gasteiger partial charge in [-0.3, -0.25) is 5.32 Å². The van der Waals surface area contributed by atoms with E-state index in [2.05, 4.69) is 17.2 Å². The van der Waals surface area contributed by atoms with Gasteiger partial charge >= 0.3 is 6.09 Å². The van der Waals surface area contributed by atoms with Crippen LogP contribution >= 0.6 is 0 Å². The molecule has 0 spiro atoms. The quantitative estimate of drug-likeness (QED) is 0.805. The van der Waals surface area contributed by atoms with Gasteiger partial charge in [0.15, 0.2) is 0 Å². The number of benzene rings is 1. The molecule has 0 saturated heterocycles. The van der Waals surface area contributed by atoms with E-state index in [1.54, 1.807) is 32.9 Å². The number of hydrogen-bond acceptors (Lipinski definition) is 3. The Bertz CT molecular complexity index is 492. The predicted molar refractivity (Wildman–Crippen MR) is 74.9 cm³/mol. The molecule has 1 aromatic carbocycles. The second-order valence-electron chi connectivity index (χ2n) is 4.95. The maximum absolute atomic E-state index is 11.7. The molecule has 0 aromatic heterocycles. The van der Waals surface area contributed by atoms with E-state index in [-0.39, 0.29) is 6.61 Å². The Morgan fingerprint density at radius 1 is 1.37 bits per heavy atom. The third-order valence-electron chi connectivity index (χ3n) is 2.02. The first kappa shape index (κ1) is 15.1. The lowest BCUT2D eigenvalue weighted by molar-refractivity contribution is 0.0636. The summed E-state index contributed by atoms with van der Waals surface area (Å²) in [7, 11) is 0. The van der Waals surface area contributed by atoms with Gasteiger partial charge in [0.2, 0.25) is 0 Å². The van der Waals surface area contributed by atoms with Crippen LogP contribution in [0.15, 0.2) is 24.3 Å². The van der Waals surface area contributed by atoms with E-state index in [0.717, 1.165) is 0 Å². The fourth-order valence-corrected chi connectivity index (χ4v) is 1.33. The molecule has 4 heteroatoms. The van der Waals surface area contributed by atoms with E-state index < -0.39 is 11.7 Å². The first-order valence-corrected chi connectivity index (χ1v) is 6.11. The molecule has 0 unspecified atom stereocenters. The van der Waals surface area contributed by atoms with Crippen molar-refractivity contribution in [3.63, 3.8) is 0 Å². The van der Waals surface area contributed by atoms with Crippen LogP contribution in [0.2, 0.25) is 0 Å². The van der Waals surface area contributed by atoms with Crippen LogP contribution in [0.1, 0.15) is 32.8 Å². The van der Waals surface area contributed by atoms with Gasteiger partial charge in [-0.25, -0.2) is 4.79 Å². The zero-order valence-corrected chi connectivity index (χ0v) is 11.5. The van der Waals surface area contributed by atoms with Crippen LogP contribution in [-0.2, 0) is 4.74 Å². The lowest BCUT2D eigenvalue weighted by atomic mass is 10.2. The minimum absolute atomic E-state index is 0.0225. The van der Waals surface area contributed by atoms with Crippen molar-refractivity contribution in [2.75, 3.05) is 11.9 Å². The number of carbonyl (C=O) groups is 1. The van der Waals surface area contributed by atoms with Crippen LogP contribution in [0.5, 0.6) is 0 Å². The lowest BCUT2D eigenvalue weighted by Crippen LogP contribution is -2.27. The van der Waals surface area contributed by atoms with Crippen molar-refractivity contribution in [1.82, 2.24) is 0 Å². The monoisotopic (exact) mass is 261 g/mol. The standard InChI is InChI=1S/C15H19NO3/c1-15(2,3)19-14(18)16-13-10-5-4-8-12(13)9-6-7-11-17/h4-5,8,10,17H,7,11H2,1-3H3,(H,16,18). The van der Waals surface area contributed by atoms with Crippen LogP contribution in [-0.4, -0.2) is 23.4 Å². The SMILES string of the molecule is CC(C)(C)OC(=O)Nc1ccccc1C#CCCO. The van der Waals surface area contributed by atoms with Crippen molar-refractivity contribution >= 4 is 11.8 Å². The van der Waals surface area contributed by atoms with E-state index in [1.165, 1.54) is 0 Å². The first-order valence-electron chi connectivity index (χ1n) is 6.11. The summed E-state index contributed by atoms with van der Waals surface area (Å²) in [5.74, 6) is 5.72. The summed E-state index contributed by atoms with van der Waals surface area (Å²) in [6.45, 7) is 5.44. The Morgan fingerprint density at radius 2 is 2.05 bits per heavy atom. The van der Waals surface area contributed by atoms with Crippen LogP contribution in [0.25, 0.3) is 0 Å². The summed E-state index contributed by atoms with van der Waals surface area (Å²) < 4.78 is 5.18. The maximum Gasteiger partial charge on any atom is 0.412 e. The molecule has 0 bridgehead atoms. The van der Waals surface area contributed by atoms with Gasteiger partial charge in [0.1, 0.15) is 5.60 Å². The number of anilines is 1. The smallest absolute Gasteiger partial charge is 0.412 e.